The SMILES string of the molecule is CCn1nnnc1NCc1ccc(-c2cccc(C(F)(F)F)c2)o1. The number of hydrogen-bond acceptors (Lipinski definition) is 5. The van der Waals surface area contributed by atoms with E-state index in [1.54, 1.807) is 22.9 Å². The lowest BCUT2D eigenvalue weighted by molar-refractivity contribution is -0.137. The molecule has 0 spiro atoms. The van der Waals surface area contributed by atoms with Crippen molar-refractivity contribution in [1.29, 1.82) is 0 Å². The summed E-state index contributed by atoms with van der Waals surface area (Å²) < 4.78 is 45.5. The monoisotopic (exact) mass is 337 g/mol. The Morgan fingerprint density at radius 1 is 1.21 bits per heavy atom. The quantitative estimate of drug-likeness (QED) is 0.771. The van der Waals surface area contributed by atoms with Gasteiger partial charge in [0, 0.05) is 12.1 Å². The van der Waals surface area contributed by atoms with Crippen molar-refractivity contribution in [3.8, 4) is 11.3 Å². The number of hydrogen-bond donors (Lipinski definition) is 1. The summed E-state index contributed by atoms with van der Waals surface area (Å²) in [5.41, 5.74) is -0.340. The van der Waals surface area contributed by atoms with Crippen molar-refractivity contribution in [3.63, 3.8) is 0 Å². The Labute approximate surface area is 135 Å². The average Bonchev–Trinajstić information content (AvgIpc) is 3.21. The van der Waals surface area contributed by atoms with Crippen molar-refractivity contribution in [2.45, 2.75) is 26.2 Å². The predicted molar refractivity (Wildman–Crippen MR) is 80.0 cm³/mol. The molecule has 0 aliphatic carbocycles. The largest absolute Gasteiger partial charge is 0.459 e. The van der Waals surface area contributed by atoms with Crippen molar-refractivity contribution in [3.05, 3.63) is 47.7 Å². The van der Waals surface area contributed by atoms with Gasteiger partial charge < -0.3 is 9.73 Å². The zero-order valence-electron chi connectivity index (χ0n) is 12.7. The second-order valence-electron chi connectivity index (χ2n) is 5.02. The van der Waals surface area contributed by atoms with E-state index in [9.17, 15) is 13.2 Å². The molecule has 24 heavy (non-hydrogen) atoms. The molecule has 0 saturated heterocycles. The molecule has 0 unspecified atom stereocenters. The van der Waals surface area contributed by atoms with Gasteiger partial charge in [0.15, 0.2) is 0 Å². The maximum Gasteiger partial charge on any atom is 0.416 e. The molecule has 6 nitrogen and oxygen atoms in total. The van der Waals surface area contributed by atoms with E-state index in [1.807, 2.05) is 6.92 Å². The Balaban J connectivity index is 1.74. The van der Waals surface area contributed by atoms with Gasteiger partial charge in [-0.05, 0) is 41.6 Å². The molecule has 0 radical (unpaired) electrons. The fourth-order valence-corrected chi connectivity index (χ4v) is 2.19. The zero-order valence-corrected chi connectivity index (χ0v) is 12.7. The molecule has 0 aliphatic heterocycles. The van der Waals surface area contributed by atoms with Crippen molar-refractivity contribution < 1.29 is 17.6 Å². The molecule has 1 N–H and O–H groups in total. The molecule has 9 heteroatoms. The number of furan rings is 1. The summed E-state index contributed by atoms with van der Waals surface area (Å²) in [7, 11) is 0. The molecule has 2 heterocycles. The number of tetrazole rings is 1. The maximum atomic E-state index is 12.8. The van der Waals surface area contributed by atoms with Crippen LogP contribution < -0.4 is 5.32 Å². The van der Waals surface area contributed by atoms with Gasteiger partial charge >= 0.3 is 6.18 Å². The maximum absolute atomic E-state index is 12.8. The summed E-state index contributed by atoms with van der Waals surface area (Å²) in [6.07, 6.45) is -4.38. The Kier molecular flexibility index (Phi) is 4.24. The Morgan fingerprint density at radius 3 is 2.79 bits per heavy atom. The molecule has 0 saturated carbocycles. The molecule has 2 aromatic heterocycles. The molecule has 126 valence electrons. The number of aryl methyl sites for hydroxylation is 1. The van der Waals surface area contributed by atoms with Gasteiger partial charge in [0.1, 0.15) is 11.5 Å². The van der Waals surface area contributed by atoms with Gasteiger partial charge in [-0.2, -0.15) is 13.2 Å². The molecular formula is C15H14F3N5O. The average molecular weight is 337 g/mol. The first-order valence-corrected chi connectivity index (χ1v) is 7.23. The van der Waals surface area contributed by atoms with Gasteiger partial charge in [0.05, 0.1) is 12.1 Å². The van der Waals surface area contributed by atoms with Gasteiger partial charge in [-0.1, -0.05) is 17.2 Å². The van der Waals surface area contributed by atoms with Gasteiger partial charge in [-0.3, -0.25) is 0 Å². The third-order valence-corrected chi connectivity index (χ3v) is 3.39. The van der Waals surface area contributed by atoms with Crippen LogP contribution in [0, 0.1) is 0 Å². The van der Waals surface area contributed by atoms with Gasteiger partial charge in [0.25, 0.3) is 0 Å². The summed E-state index contributed by atoms with van der Waals surface area (Å²) in [6, 6.07) is 8.35. The van der Waals surface area contributed by atoms with Crippen molar-refractivity contribution >= 4 is 5.95 Å². The smallest absolute Gasteiger partial charge is 0.416 e. The van der Waals surface area contributed by atoms with Crippen LogP contribution in [-0.2, 0) is 19.3 Å². The lowest BCUT2D eigenvalue weighted by Gasteiger charge is -2.07. The van der Waals surface area contributed by atoms with Crippen LogP contribution in [0.25, 0.3) is 11.3 Å². The minimum atomic E-state index is -4.38. The summed E-state index contributed by atoms with van der Waals surface area (Å²) in [4.78, 5) is 0. The number of halogens is 3. The van der Waals surface area contributed by atoms with E-state index in [2.05, 4.69) is 20.8 Å². The zero-order chi connectivity index (χ0) is 17.2. The van der Waals surface area contributed by atoms with Crippen LogP contribution in [0.5, 0.6) is 0 Å². The van der Waals surface area contributed by atoms with E-state index in [4.69, 9.17) is 4.42 Å². The fraction of sp³-hybridized carbons (Fsp3) is 0.267. The van der Waals surface area contributed by atoms with E-state index < -0.39 is 11.7 Å². The van der Waals surface area contributed by atoms with E-state index >= 15 is 0 Å². The van der Waals surface area contributed by atoms with Crippen LogP contribution in [0.3, 0.4) is 0 Å². The summed E-state index contributed by atoms with van der Waals surface area (Å²) >= 11 is 0. The Bertz CT molecular complexity index is 824. The first kappa shape index (κ1) is 16.0. The minimum absolute atomic E-state index is 0.319. The lowest BCUT2D eigenvalue weighted by Crippen LogP contribution is -2.07. The van der Waals surface area contributed by atoms with Gasteiger partial charge in [-0.25, -0.2) is 4.68 Å². The number of anilines is 1. The van der Waals surface area contributed by atoms with Crippen LogP contribution >= 0.6 is 0 Å². The topological polar surface area (TPSA) is 68.8 Å². The van der Waals surface area contributed by atoms with E-state index in [0.29, 0.717) is 36.1 Å². The van der Waals surface area contributed by atoms with Gasteiger partial charge in [-0.15, -0.1) is 0 Å². The Hall–Kier alpha value is -2.84. The van der Waals surface area contributed by atoms with E-state index in [1.165, 1.54) is 6.07 Å². The fourth-order valence-electron chi connectivity index (χ4n) is 2.19. The van der Waals surface area contributed by atoms with E-state index in [0.717, 1.165) is 12.1 Å². The molecule has 0 fully saturated rings. The lowest BCUT2D eigenvalue weighted by atomic mass is 10.1. The van der Waals surface area contributed by atoms with E-state index in [-0.39, 0.29) is 0 Å². The summed E-state index contributed by atoms with van der Waals surface area (Å²) in [6.45, 7) is 2.84. The predicted octanol–water partition coefficient (Wildman–Crippen LogP) is 3.58. The highest BCUT2D eigenvalue weighted by Crippen LogP contribution is 2.32. The number of alkyl halides is 3. The molecular weight excluding hydrogens is 323 g/mol. The highest BCUT2D eigenvalue weighted by Gasteiger charge is 2.30. The normalized spacial score (nSPS) is 11.7. The molecule has 0 atom stereocenters. The van der Waals surface area contributed by atoms with Crippen molar-refractivity contribution in [1.82, 2.24) is 20.2 Å². The number of aromatic nitrogens is 4. The summed E-state index contributed by atoms with van der Waals surface area (Å²) in [5.74, 6) is 1.43. The molecule has 1 aromatic carbocycles. The number of rotatable bonds is 5. The third-order valence-electron chi connectivity index (χ3n) is 3.39. The molecule has 0 bridgehead atoms. The number of nitrogens with zero attached hydrogens (tertiary/aromatic N) is 4. The van der Waals surface area contributed by atoms with Crippen LogP contribution in [-0.4, -0.2) is 20.2 Å². The molecule has 3 aromatic rings. The second kappa shape index (κ2) is 6.34. The Morgan fingerprint density at radius 2 is 2.04 bits per heavy atom. The first-order chi connectivity index (χ1) is 11.5. The molecule has 3 rings (SSSR count). The van der Waals surface area contributed by atoms with Crippen LogP contribution in [0.4, 0.5) is 19.1 Å². The van der Waals surface area contributed by atoms with Gasteiger partial charge in [0.2, 0.25) is 5.95 Å². The van der Waals surface area contributed by atoms with Crippen LogP contribution in [0.1, 0.15) is 18.2 Å². The number of benzene rings is 1. The summed E-state index contributed by atoms with van der Waals surface area (Å²) in [5, 5.41) is 14.2. The molecule has 0 amide bonds. The number of nitrogens with one attached hydrogen (secondary N) is 1. The van der Waals surface area contributed by atoms with Crippen LogP contribution in [0.2, 0.25) is 0 Å². The molecule has 0 aliphatic rings. The van der Waals surface area contributed by atoms with Crippen molar-refractivity contribution in [2.24, 2.45) is 0 Å². The minimum Gasteiger partial charge on any atom is -0.459 e. The van der Waals surface area contributed by atoms with Crippen LogP contribution in [0.15, 0.2) is 40.8 Å². The second-order valence-corrected chi connectivity index (χ2v) is 5.02. The van der Waals surface area contributed by atoms with Crippen molar-refractivity contribution in [2.75, 3.05) is 5.32 Å². The highest BCUT2D eigenvalue weighted by atomic mass is 19.4. The highest BCUT2D eigenvalue weighted by molar-refractivity contribution is 5.59. The third kappa shape index (κ3) is 3.39. The first-order valence-electron chi connectivity index (χ1n) is 7.23. The standard InChI is InChI=1S/C15H14F3N5O/c1-2-23-14(20-21-22-23)19-9-12-6-7-13(24-12)10-4-3-5-11(8-10)15(16,17)18/h3-8H,2,9H2,1H3,(H,19,20,22).